The maximum absolute atomic E-state index is 13.4. The number of carboxylic acid groups (broad SMARTS) is 1. The van der Waals surface area contributed by atoms with Gasteiger partial charge in [-0.1, -0.05) is 32.9 Å². The summed E-state index contributed by atoms with van der Waals surface area (Å²) in [7, 11) is 0. The lowest BCUT2D eigenvalue weighted by Crippen LogP contribution is -2.64. The molecule has 2 aromatic rings. The lowest BCUT2D eigenvalue weighted by Gasteiger charge is -2.47. The molecule has 0 aliphatic carbocycles. The van der Waals surface area contributed by atoms with Crippen LogP contribution in [0.15, 0.2) is 28.7 Å². The van der Waals surface area contributed by atoms with Crippen LogP contribution in [0.3, 0.4) is 0 Å². The summed E-state index contributed by atoms with van der Waals surface area (Å²) in [5.41, 5.74) is 3.91. The van der Waals surface area contributed by atoms with E-state index in [0.29, 0.717) is 23.8 Å². The number of rotatable bonds is 3. The Kier molecular flexibility index (Phi) is 4.37. The minimum atomic E-state index is -1.40. The van der Waals surface area contributed by atoms with Gasteiger partial charge in [0.05, 0.1) is 0 Å². The van der Waals surface area contributed by atoms with Crippen LogP contribution in [0.1, 0.15) is 44.2 Å². The van der Waals surface area contributed by atoms with E-state index in [-0.39, 0.29) is 18.0 Å². The fourth-order valence-corrected chi connectivity index (χ4v) is 3.98. The van der Waals surface area contributed by atoms with E-state index in [1.807, 2.05) is 0 Å². The Balaban J connectivity index is 2.11. The highest BCUT2D eigenvalue weighted by atomic mass is 16.4. The molecule has 0 unspecified atom stereocenters. The summed E-state index contributed by atoms with van der Waals surface area (Å²) in [6.07, 6.45) is -0.518. The molecule has 3 amide bonds. The first-order chi connectivity index (χ1) is 12.6. The summed E-state index contributed by atoms with van der Waals surface area (Å²) in [6.45, 7) is 5.62. The van der Waals surface area contributed by atoms with Crippen molar-refractivity contribution in [2.24, 2.45) is 11.1 Å². The van der Waals surface area contributed by atoms with Crippen LogP contribution in [0, 0.1) is 5.41 Å². The number of nitrogens with zero attached hydrogens (tertiary/aromatic N) is 1. The maximum atomic E-state index is 13.4. The van der Waals surface area contributed by atoms with Crippen molar-refractivity contribution in [1.29, 1.82) is 0 Å². The number of amides is 3. The molecular weight excluding hydrogens is 350 g/mol. The van der Waals surface area contributed by atoms with Crippen LogP contribution in [0.2, 0.25) is 0 Å². The van der Waals surface area contributed by atoms with Gasteiger partial charge in [0.15, 0.2) is 0 Å². The summed E-state index contributed by atoms with van der Waals surface area (Å²) in [6, 6.07) is 6.81. The molecule has 1 fully saturated rings. The summed E-state index contributed by atoms with van der Waals surface area (Å²) in [5.74, 6) is -1.54. The molecule has 1 saturated heterocycles. The first-order valence-electron chi connectivity index (χ1n) is 8.71. The van der Waals surface area contributed by atoms with Gasteiger partial charge in [0.1, 0.15) is 22.9 Å². The number of hydrogen-bond acceptors (Lipinski definition) is 5. The SMILES string of the molecule is CC(C)(C)[C@]1(C(=O)Nc2c(C(N)=O)oc3ccccc23)CCCN1C(=O)[O-]. The van der Waals surface area contributed by atoms with Crippen LogP contribution in [0.25, 0.3) is 11.0 Å². The quantitative estimate of drug-likeness (QED) is 0.847. The first kappa shape index (κ1) is 18.8. The third-order valence-corrected chi connectivity index (χ3v) is 5.28. The number of nitrogens with one attached hydrogen (secondary N) is 1. The number of para-hydroxylation sites is 1. The Hall–Kier alpha value is -3.03. The van der Waals surface area contributed by atoms with Crippen molar-refractivity contribution >= 4 is 34.6 Å². The number of likely N-dealkylation sites (tertiary alicyclic amines) is 1. The number of nitrogens with two attached hydrogens (primary N) is 1. The third kappa shape index (κ3) is 2.81. The summed E-state index contributed by atoms with van der Waals surface area (Å²) >= 11 is 0. The minimum absolute atomic E-state index is 0.150. The second-order valence-corrected chi connectivity index (χ2v) is 7.75. The molecule has 8 heteroatoms. The summed E-state index contributed by atoms with van der Waals surface area (Å²) in [5, 5.41) is 14.9. The Bertz CT molecular complexity index is 927. The number of carbonyl (C=O) groups excluding carboxylic acids is 3. The van der Waals surface area contributed by atoms with Crippen molar-refractivity contribution in [1.82, 2.24) is 4.90 Å². The van der Waals surface area contributed by atoms with Crippen molar-refractivity contribution < 1.29 is 23.9 Å². The van der Waals surface area contributed by atoms with Crippen molar-refractivity contribution in [3.8, 4) is 0 Å². The van der Waals surface area contributed by atoms with Gasteiger partial charge in [0.25, 0.3) is 11.8 Å². The van der Waals surface area contributed by atoms with Crippen molar-refractivity contribution in [2.75, 3.05) is 11.9 Å². The minimum Gasteiger partial charge on any atom is -0.530 e. The molecule has 2 heterocycles. The van der Waals surface area contributed by atoms with E-state index < -0.39 is 28.9 Å². The summed E-state index contributed by atoms with van der Waals surface area (Å²) < 4.78 is 5.49. The van der Waals surface area contributed by atoms with Gasteiger partial charge in [0.2, 0.25) is 5.76 Å². The smallest absolute Gasteiger partial charge is 0.286 e. The molecule has 1 aromatic carbocycles. The molecule has 0 saturated carbocycles. The van der Waals surface area contributed by atoms with Crippen LogP contribution in [0.4, 0.5) is 10.5 Å². The Morgan fingerprint density at radius 1 is 1.26 bits per heavy atom. The second kappa shape index (κ2) is 6.29. The monoisotopic (exact) mass is 372 g/mol. The molecule has 0 bridgehead atoms. The fourth-order valence-electron chi connectivity index (χ4n) is 3.98. The number of primary amides is 1. The Labute approximate surface area is 156 Å². The van der Waals surface area contributed by atoms with E-state index in [1.165, 1.54) is 0 Å². The molecule has 0 radical (unpaired) electrons. The van der Waals surface area contributed by atoms with E-state index >= 15 is 0 Å². The molecule has 144 valence electrons. The standard InChI is InChI=1S/C19H23N3O5/c1-18(2,3)19(9-6-10-22(19)17(25)26)16(24)21-13-11-7-4-5-8-12(11)27-14(13)15(20)23/h4-5,7-8H,6,9-10H2,1-3H3,(H2,20,23)(H,21,24)(H,25,26)/p-1/t19-/m1/s1. The number of benzene rings is 1. The molecule has 27 heavy (non-hydrogen) atoms. The number of anilines is 1. The predicted octanol–water partition coefficient (Wildman–Crippen LogP) is 1.69. The lowest BCUT2D eigenvalue weighted by molar-refractivity contribution is -0.271. The highest BCUT2D eigenvalue weighted by Gasteiger charge is 2.55. The van der Waals surface area contributed by atoms with E-state index in [0.717, 1.165) is 4.90 Å². The average Bonchev–Trinajstić information content (AvgIpc) is 3.17. The van der Waals surface area contributed by atoms with Gasteiger partial charge in [-0.2, -0.15) is 0 Å². The highest BCUT2D eigenvalue weighted by molar-refractivity contribution is 6.12. The van der Waals surface area contributed by atoms with Gasteiger partial charge in [-0.15, -0.1) is 0 Å². The molecule has 1 aliphatic rings. The highest BCUT2D eigenvalue weighted by Crippen LogP contribution is 2.45. The van der Waals surface area contributed by atoms with Crippen LogP contribution in [-0.4, -0.2) is 34.9 Å². The molecular formula is C19H22N3O5-. The van der Waals surface area contributed by atoms with E-state index in [9.17, 15) is 19.5 Å². The van der Waals surface area contributed by atoms with Gasteiger partial charge in [-0.3, -0.25) is 9.59 Å². The topological polar surface area (TPSA) is 129 Å². The van der Waals surface area contributed by atoms with Crippen molar-refractivity contribution in [2.45, 2.75) is 39.2 Å². The molecule has 3 N–H and O–H groups in total. The zero-order chi connectivity index (χ0) is 20.0. The van der Waals surface area contributed by atoms with E-state index in [1.54, 1.807) is 45.0 Å². The number of furan rings is 1. The predicted molar refractivity (Wildman–Crippen MR) is 96.9 cm³/mol. The Morgan fingerprint density at radius 3 is 2.52 bits per heavy atom. The zero-order valence-corrected chi connectivity index (χ0v) is 15.5. The largest absolute Gasteiger partial charge is 0.530 e. The normalized spacial score (nSPS) is 20.0. The molecule has 1 atom stereocenters. The van der Waals surface area contributed by atoms with Crippen LogP contribution in [-0.2, 0) is 4.79 Å². The molecule has 8 nitrogen and oxygen atoms in total. The number of fused-ring (bicyclic) bond motifs is 1. The Morgan fingerprint density at radius 2 is 1.93 bits per heavy atom. The fraction of sp³-hybridized carbons (Fsp3) is 0.421. The molecule has 3 rings (SSSR count). The number of carbonyl (C=O) groups is 3. The van der Waals surface area contributed by atoms with Crippen LogP contribution < -0.4 is 16.2 Å². The van der Waals surface area contributed by atoms with E-state index in [4.69, 9.17) is 10.2 Å². The molecule has 1 aliphatic heterocycles. The lowest BCUT2D eigenvalue weighted by atomic mass is 9.71. The van der Waals surface area contributed by atoms with Gasteiger partial charge in [0, 0.05) is 11.9 Å². The van der Waals surface area contributed by atoms with Gasteiger partial charge in [-0.25, -0.2) is 0 Å². The first-order valence-corrected chi connectivity index (χ1v) is 8.71. The van der Waals surface area contributed by atoms with Crippen LogP contribution >= 0.6 is 0 Å². The van der Waals surface area contributed by atoms with Crippen LogP contribution in [0.5, 0.6) is 0 Å². The number of hydrogen-bond donors (Lipinski definition) is 2. The summed E-state index contributed by atoms with van der Waals surface area (Å²) in [4.78, 5) is 38.0. The van der Waals surface area contributed by atoms with Crippen molar-refractivity contribution in [3.63, 3.8) is 0 Å². The second-order valence-electron chi connectivity index (χ2n) is 7.75. The molecule has 1 aromatic heterocycles. The molecule has 0 spiro atoms. The van der Waals surface area contributed by atoms with Crippen molar-refractivity contribution in [3.05, 3.63) is 30.0 Å². The zero-order valence-electron chi connectivity index (χ0n) is 15.5. The van der Waals surface area contributed by atoms with E-state index in [2.05, 4.69) is 5.32 Å². The maximum Gasteiger partial charge on any atom is 0.286 e. The third-order valence-electron chi connectivity index (χ3n) is 5.28. The van der Waals surface area contributed by atoms with Gasteiger partial charge < -0.3 is 30.3 Å². The average molecular weight is 372 g/mol. The van der Waals surface area contributed by atoms with Gasteiger partial charge >= 0.3 is 0 Å². The van der Waals surface area contributed by atoms with Gasteiger partial charge in [-0.05, 0) is 30.4 Å².